The number of rotatable bonds is 7. The zero-order valence-electron chi connectivity index (χ0n) is 26.7. The molecule has 0 radical (unpaired) electrons. The van der Waals surface area contributed by atoms with Gasteiger partial charge in [-0.15, -0.1) is 0 Å². The Kier molecular flexibility index (Phi) is 9.00. The SMILES string of the molecule is Cc1cc(Oc2ccccc2)ccc1N1C(=O)NC2c3c1ccnc3SC2C(=O)N[C@@H]1CCCN(C(=O)CNC(=O)OC(C)(C)C)C1. The molecule has 0 spiro atoms. The van der Waals surface area contributed by atoms with Crippen LogP contribution in [0.5, 0.6) is 11.5 Å². The summed E-state index contributed by atoms with van der Waals surface area (Å²) in [6.45, 7) is 7.84. The number of benzene rings is 2. The number of aryl methyl sites for hydroxylation is 1. The third-order valence-electron chi connectivity index (χ3n) is 8.06. The highest BCUT2D eigenvalue weighted by molar-refractivity contribution is 8.01. The largest absolute Gasteiger partial charge is 0.457 e. The van der Waals surface area contributed by atoms with Crippen LogP contribution in [0.4, 0.5) is 21.0 Å². The van der Waals surface area contributed by atoms with Gasteiger partial charge in [-0.2, -0.15) is 0 Å². The molecule has 47 heavy (non-hydrogen) atoms. The standard InChI is InChI=1S/C34H38N6O6S/c1-20-17-23(45-22-10-6-5-7-11-22)12-13-24(20)40-25-14-15-35-31-27(25)28(38-32(40)43)29(47-31)30(42)37-21-9-8-16-39(19-21)26(41)18-36-33(44)46-34(2,3)4/h5-7,10-15,17,21,28-29H,8-9,16,18-19H2,1-4H3,(H,36,44)(H,37,42)(H,38,43)/t21-,28?,29?/m1/s1. The lowest BCUT2D eigenvalue weighted by Crippen LogP contribution is -2.54. The summed E-state index contributed by atoms with van der Waals surface area (Å²) in [4.78, 5) is 60.0. The van der Waals surface area contributed by atoms with Crippen LogP contribution in [0.15, 0.2) is 65.8 Å². The number of carbonyl (C=O) groups is 4. The van der Waals surface area contributed by atoms with Gasteiger partial charge in [-0.25, -0.2) is 14.6 Å². The molecule has 3 atom stereocenters. The van der Waals surface area contributed by atoms with E-state index in [-0.39, 0.29) is 30.4 Å². The van der Waals surface area contributed by atoms with Crippen LogP contribution in [0, 0.1) is 6.92 Å². The number of alkyl carbamates (subject to hydrolysis) is 1. The van der Waals surface area contributed by atoms with Crippen molar-refractivity contribution in [2.75, 3.05) is 24.5 Å². The lowest BCUT2D eigenvalue weighted by atomic mass is 9.98. The van der Waals surface area contributed by atoms with Crippen molar-refractivity contribution < 1.29 is 28.7 Å². The topological polar surface area (TPSA) is 142 Å². The number of para-hydroxylation sites is 1. The lowest BCUT2D eigenvalue weighted by Gasteiger charge is -2.36. The zero-order chi connectivity index (χ0) is 33.3. The van der Waals surface area contributed by atoms with Crippen LogP contribution < -0.4 is 25.6 Å². The van der Waals surface area contributed by atoms with Gasteiger partial charge < -0.3 is 30.3 Å². The first-order valence-corrected chi connectivity index (χ1v) is 16.5. The predicted molar refractivity (Wildman–Crippen MR) is 177 cm³/mol. The Hall–Kier alpha value is -4.78. The third-order valence-corrected chi connectivity index (χ3v) is 9.34. The highest BCUT2D eigenvalue weighted by Gasteiger charge is 2.47. The highest BCUT2D eigenvalue weighted by Crippen LogP contribution is 2.51. The molecule has 3 aliphatic rings. The number of pyridine rings is 1. The van der Waals surface area contributed by atoms with Gasteiger partial charge in [0.15, 0.2) is 0 Å². The maximum absolute atomic E-state index is 13.7. The van der Waals surface area contributed by atoms with E-state index in [0.717, 1.165) is 11.1 Å². The molecular formula is C34H38N6O6S. The summed E-state index contributed by atoms with van der Waals surface area (Å²) in [5.74, 6) is 0.889. The molecule has 1 aromatic heterocycles. The number of anilines is 2. The van der Waals surface area contributed by atoms with Gasteiger partial charge in [-0.05, 0) is 82.5 Å². The van der Waals surface area contributed by atoms with E-state index in [2.05, 4.69) is 20.9 Å². The van der Waals surface area contributed by atoms with Gasteiger partial charge in [-0.1, -0.05) is 30.0 Å². The highest BCUT2D eigenvalue weighted by atomic mass is 32.2. The first-order chi connectivity index (χ1) is 22.5. The molecule has 4 heterocycles. The average molecular weight is 659 g/mol. The Balaban J connectivity index is 1.12. The first kappa shape index (κ1) is 32.2. The average Bonchev–Trinajstić information content (AvgIpc) is 3.40. The van der Waals surface area contributed by atoms with Crippen LogP contribution in [0.2, 0.25) is 0 Å². The number of nitrogens with one attached hydrogen (secondary N) is 3. The fraction of sp³-hybridized carbons (Fsp3) is 0.382. The van der Waals surface area contributed by atoms with Crippen molar-refractivity contribution in [1.82, 2.24) is 25.8 Å². The molecule has 2 aromatic carbocycles. The van der Waals surface area contributed by atoms with Crippen molar-refractivity contribution in [2.24, 2.45) is 0 Å². The summed E-state index contributed by atoms with van der Waals surface area (Å²) in [7, 11) is 0. The minimum Gasteiger partial charge on any atom is -0.457 e. The Bertz CT molecular complexity index is 1700. The number of thioether (sulfide) groups is 1. The Labute approximate surface area is 277 Å². The summed E-state index contributed by atoms with van der Waals surface area (Å²) < 4.78 is 11.2. The van der Waals surface area contributed by atoms with E-state index in [1.54, 1.807) is 42.8 Å². The molecule has 1 saturated heterocycles. The lowest BCUT2D eigenvalue weighted by molar-refractivity contribution is -0.132. The van der Waals surface area contributed by atoms with Gasteiger partial charge in [0.1, 0.15) is 33.9 Å². The van der Waals surface area contributed by atoms with Crippen molar-refractivity contribution >= 4 is 47.1 Å². The van der Waals surface area contributed by atoms with Gasteiger partial charge >= 0.3 is 12.1 Å². The fourth-order valence-electron chi connectivity index (χ4n) is 6.01. The zero-order valence-corrected chi connectivity index (χ0v) is 27.6. The van der Waals surface area contributed by atoms with Crippen molar-refractivity contribution in [1.29, 1.82) is 0 Å². The molecule has 3 aromatic rings. The smallest absolute Gasteiger partial charge is 0.408 e. The molecule has 5 amide bonds. The van der Waals surface area contributed by atoms with Crippen molar-refractivity contribution in [3.63, 3.8) is 0 Å². The molecule has 3 N–H and O–H groups in total. The van der Waals surface area contributed by atoms with Gasteiger partial charge in [-0.3, -0.25) is 14.5 Å². The predicted octanol–water partition coefficient (Wildman–Crippen LogP) is 5.19. The quantitative estimate of drug-likeness (QED) is 0.315. The van der Waals surface area contributed by atoms with Gasteiger partial charge in [0.2, 0.25) is 11.8 Å². The molecule has 246 valence electrons. The minimum absolute atomic E-state index is 0.190. The van der Waals surface area contributed by atoms with Crippen LogP contribution >= 0.6 is 11.8 Å². The first-order valence-electron chi connectivity index (χ1n) is 15.6. The van der Waals surface area contributed by atoms with E-state index in [0.29, 0.717) is 53.8 Å². The summed E-state index contributed by atoms with van der Waals surface area (Å²) in [6.07, 6.45) is 2.41. The number of carbonyl (C=O) groups excluding carboxylic acids is 4. The molecular weight excluding hydrogens is 620 g/mol. The molecule has 3 aliphatic heterocycles. The second-order valence-corrected chi connectivity index (χ2v) is 13.9. The van der Waals surface area contributed by atoms with E-state index >= 15 is 0 Å². The fourth-order valence-corrected chi connectivity index (χ4v) is 7.25. The van der Waals surface area contributed by atoms with E-state index in [9.17, 15) is 19.2 Å². The number of likely N-dealkylation sites (tertiary alicyclic amines) is 1. The van der Waals surface area contributed by atoms with E-state index in [1.165, 1.54) is 11.8 Å². The van der Waals surface area contributed by atoms with Gasteiger partial charge in [0.05, 0.1) is 17.4 Å². The van der Waals surface area contributed by atoms with E-state index in [1.807, 2.05) is 55.5 Å². The van der Waals surface area contributed by atoms with Crippen LogP contribution in [0.25, 0.3) is 0 Å². The van der Waals surface area contributed by atoms with Crippen molar-refractivity contribution in [3.8, 4) is 11.5 Å². The number of hydrogen-bond acceptors (Lipinski definition) is 8. The van der Waals surface area contributed by atoms with Crippen molar-refractivity contribution in [3.05, 3.63) is 71.9 Å². The van der Waals surface area contributed by atoms with Gasteiger partial charge in [0.25, 0.3) is 0 Å². The van der Waals surface area contributed by atoms with Crippen LogP contribution in [0.1, 0.15) is 50.8 Å². The number of ether oxygens (including phenoxy) is 2. The molecule has 0 saturated carbocycles. The van der Waals surface area contributed by atoms with Gasteiger partial charge in [0, 0.05) is 30.9 Å². The summed E-state index contributed by atoms with van der Waals surface area (Å²) in [6, 6.07) is 15.7. The molecule has 2 unspecified atom stereocenters. The second kappa shape index (κ2) is 13.1. The molecule has 1 fully saturated rings. The summed E-state index contributed by atoms with van der Waals surface area (Å²) in [5, 5.41) is 8.73. The maximum Gasteiger partial charge on any atom is 0.408 e. The van der Waals surface area contributed by atoms with E-state index < -0.39 is 23.0 Å². The maximum atomic E-state index is 13.7. The molecule has 0 aliphatic carbocycles. The van der Waals surface area contributed by atoms with E-state index in [4.69, 9.17) is 9.47 Å². The number of nitrogens with zero attached hydrogens (tertiary/aromatic N) is 3. The van der Waals surface area contributed by atoms with Crippen LogP contribution in [-0.4, -0.2) is 70.3 Å². The number of hydrogen-bond donors (Lipinski definition) is 3. The molecule has 0 bridgehead atoms. The normalized spacial score (nSPS) is 20.2. The van der Waals surface area contributed by atoms with Crippen LogP contribution in [0.3, 0.4) is 0 Å². The summed E-state index contributed by atoms with van der Waals surface area (Å²) >= 11 is 1.32. The van der Waals surface area contributed by atoms with Crippen molar-refractivity contribution in [2.45, 2.75) is 68.5 Å². The molecule has 13 heteroatoms. The number of urea groups is 1. The Morgan fingerprint density at radius 3 is 2.60 bits per heavy atom. The van der Waals surface area contributed by atoms with Crippen LogP contribution in [-0.2, 0) is 14.3 Å². The monoisotopic (exact) mass is 658 g/mol. The number of piperidine rings is 1. The molecule has 12 nitrogen and oxygen atoms in total. The minimum atomic E-state index is -0.666. The number of amides is 5. The summed E-state index contributed by atoms with van der Waals surface area (Å²) in [5.41, 5.74) is 2.35. The third kappa shape index (κ3) is 7.14. The second-order valence-electron chi connectivity index (χ2n) is 12.8. The Morgan fingerprint density at radius 2 is 1.85 bits per heavy atom. The Morgan fingerprint density at radius 1 is 1.06 bits per heavy atom. The molecule has 6 rings (SSSR count). The number of aromatic nitrogens is 1.